The van der Waals surface area contributed by atoms with Crippen LogP contribution in [0, 0.1) is 6.92 Å². The minimum absolute atomic E-state index is 0.0510. The molecule has 1 amide bonds. The Balaban J connectivity index is 1.78. The molecule has 0 fully saturated rings. The lowest BCUT2D eigenvalue weighted by Gasteiger charge is -2.16. The van der Waals surface area contributed by atoms with Crippen molar-refractivity contribution >= 4 is 43.5 Å². The number of carboxylic acid groups (broad SMARTS) is 1. The largest absolute Gasteiger partial charge is 0.478 e. The summed E-state index contributed by atoms with van der Waals surface area (Å²) in [4.78, 5) is 24.2. The van der Waals surface area contributed by atoms with E-state index in [1.807, 2.05) is 6.92 Å². The molecule has 156 valence electrons. The number of carboxylic acids is 1. The molecule has 0 heterocycles. The van der Waals surface area contributed by atoms with E-state index in [-0.39, 0.29) is 16.1 Å². The number of carbonyl (C=O) groups is 2. The van der Waals surface area contributed by atoms with Crippen LogP contribution in [0.5, 0.6) is 0 Å². The van der Waals surface area contributed by atoms with Crippen LogP contribution in [-0.4, -0.2) is 25.4 Å². The van der Waals surface area contributed by atoms with Crippen LogP contribution in [0.2, 0.25) is 0 Å². The quantitative estimate of drug-likeness (QED) is 0.566. The van der Waals surface area contributed by atoms with Crippen molar-refractivity contribution in [1.82, 2.24) is 4.72 Å². The number of hydrogen-bond donors (Lipinski definition) is 3. The van der Waals surface area contributed by atoms with Gasteiger partial charge in [-0.15, -0.1) is 0 Å². The summed E-state index contributed by atoms with van der Waals surface area (Å²) in [6.45, 7) is 1.86. The minimum atomic E-state index is -3.78. The number of benzene rings is 2. The van der Waals surface area contributed by atoms with Gasteiger partial charge in [-0.05, 0) is 56.2 Å². The Morgan fingerprint density at radius 1 is 1.10 bits per heavy atom. The van der Waals surface area contributed by atoms with Gasteiger partial charge in [-0.2, -0.15) is 0 Å². The first-order chi connectivity index (χ1) is 14.2. The number of anilines is 1. The molecule has 3 N–H and O–H groups in total. The topological polar surface area (TPSA) is 113 Å². The summed E-state index contributed by atoms with van der Waals surface area (Å²) in [7, 11) is -3.78. The highest BCUT2D eigenvalue weighted by Gasteiger charge is 2.20. The Bertz CT molecular complexity index is 1170. The van der Waals surface area contributed by atoms with E-state index in [4.69, 9.17) is 0 Å². The highest BCUT2D eigenvalue weighted by molar-refractivity contribution is 9.10. The Kier molecular flexibility index (Phi) is 6.42. The number of amides is 1. The van der Waals surface area contributed by atoms with Crippen molar-refractivity contribution in [2.45, 2.75) is 24.7 Å². The second-order valence-electron chi connectivity index (χ2n) is 6.74. The van der Waals surface area contributed by atoms with Gasteiger partial charge in [0.1, 0.15) is 0 Å². The van der Waals surface area contributed by atoms with Gasteiger partial charge in [0, 0.05) is 15.7 Å². The minimum Gasteiger partial charge on any atom is -0.478 e. The summed E-state index contributed by atoms with van der Waals surface area (Å²) < 4.78 is 28.2. The Morgan fingerprint density at radius 2 is 1.80 bits per heavy atom. The molecule has 0 aromatic heterocycles. The van der Waals surface area contributed by atoms with Crippen molar-refractivity contribution in [3.05, 3.63) is 81.5 Å². The summed E-state index contributed by atoms with van der Waals surface area (Å²) in [5.74, 6) is -1.66. The van der Waals surface area contributed by atoms with Crippen molar-refractivity contribution in [3.8, 4) is 0 Å². The molecule has 0 atom stereocenters. The lowest BCUT2D eigenvalue weighted by molar-refractivity contribution is -0.113. The highest BCUT2D eigenvalue weighted by Crippen LogP contribution is 2.24. The summed E-state index contributed by atoms with van der Waals surface area (Å²) in [5.41, 5.74) is 1.69. The fourth-order valence-corrected chi connectivity index (χ4v) is 4.31. The normalized spacial score (nSPS) is 13.8. The van der Waals surface area contributed by atoms with Crippen molar-refractivity contribution in [3.63, 3.8) is 0 Å². The maximum absolute atomic E-state index is 12.7. The number of rotatable bonds is 6. The molecule has 1 aliphatic rings. The molecule has 0 radical (unpaired) electrons. The Morgan fingerprint density at radius 3 is 2.47 bits per heavy atom. The zero-order valence-corrected chi connectivity index (χ0v) is 18.4. The lowest BCUT2D eigenvalue weighted by atomic mass is 10.0. The molecule has 0 aliphatic heterocycles. The van der Waals surface area contributed by atoms with E-state index in [1.165, 1.54) is 30.3 Å². The average Bonchev–Trinajstić information content (AvgIpc) is 2.69. The van der Waals surface area contributed by atoms with Gasteiger partial charge in [0.15, 0.2) is 0 Å². The van der Waals surface area contributed by atoms with Crippen LogP contribution in [0.1, 0.15) is 28.8 Å². The molecular weight excluding hydrogens is 472 g/mol. The van der Waals surface area contributed by atoms with E-state index in [1.54, 1.807) is 24.3 Å². The fraction of sp³-hybridized carbons (Fsp3) is 0.143. The van der Waals surface area contributed by atoms with Gasteiger partial charge in [0.25, 0.3) is 15.9 Å². The molecule has 0 unspecified atom stereocenters. The van der Waals surface area contributed by atoms with E-state index in [0.29, 0.717) is 28.6 Å². The maximum atomic E-state index is 12.7. The zero-order chi connectivity index (χ0) is 21.9. The van der Waals surface area contributed by atoms with Crippen LogP contribution in [0.4, 0.5) is 5.69 Å². The monoisotopic (exact) mass is 490 g/mol. The first kappa shape index (κ1) is 21.8. The predicted octanol–water partition coefficient (Wildman–Crippen LogP) is 3.98. The third-order valence-corrected chi connectivity index (χ3v) is 6.33. The van der Waals surface area contributed by atoms with Crippen LogP contribution in [0.15, 0.2) is 75.3 Å². The first-order valence-corrected chi connectivity index (χ1v) is 11.3. The predicted molar refractivity (Wildman–Crippen MR) is 117 cm³/mol. The van der Waals surface area contributed by atoms with Gasteiger partial charge in [0.05, 0.1) is 16.1 Å². The van der Waals surface area contributed by atoms with Crippen molar-refractivity contribution in [2.24, 2.45) is 0 Å². The van der Waals surface area contributed by atoms with Gasteiger partial charge in [-0.3, -0.25) is 9.52 Å². The lowest BCUT2D eigenvalue weighted by Crippen LogP contribution is -2.25. The molecule has 7 nitrogen and oxygen atoms in total. The number of nitrogens with one attached hydrogen (secondary N) is 2. The number of aromatic carboxylic acids is 1. The molecule has 0 bridgehead atoms. The molecule has 30 heavy (non-hydrogen) atoms. The Labute approximate surface area is 182 Å². The van der Waals surface area contributed by atoms with E-state index in [0.717, 1.165) is 5.56 Å². The van der Waals surface area contributed by atoms with E-state index in [2.05, 4.69) is 26.0 Å². The summed E-state index contributed by atoms with van der Waals surface area (Å²) in [5, 5.41) is 11.9. The highest BCUT2D eigenvalue weighted by atomic mass is 79.9. The van der Waals surface area contributed by atoms with Crippen LogP contribution >= 0.6 is 15.9 Å². The number of hydrogen-bond acceptors (Lipinski definition) is 4. The van der Waals surface area contributed by atoms with Gasteiger partial charge in [-0.1, -0.05) is 39.7 Å². The fourth-order valence-electron chi connectivity index (χ4n) is 2.89. The van der Waals surface area contributed by atoms with Crippen LogP contribution < -0.4 is 10.0 Å². The Hall–Kier alpha value is -2.91. The number of aryl methyl sites for hydroxylation is 1. The van der Waals surface area contributed by atoms with Gasteiger partial charge >= 0.3 is 5.97 Å². The van der Waals surface area contributed by atoms with Crippen LogP contribution in [0.3, 0.4) is 0 Å². The molecular formula is C21H19BrN2O5S. The van der Waals surface area contributed by atoms with Crippen molar-refractivity contribution in [2.75, 3.05) is 5.32 Å². The smallest absolute Gasteiger partial charge is 0.337 e. The van der Waals surface area contributed by atoms with Gasteiger partial charge < -0.3 is 10.4 Å². The number of sulfonamides is 1. The third kappa shape index (κ3) is 5.17. The molecule has 2 aromatic rings. The van der Waals surface area contributed by atoms with Crippen molar-refractivity contribution < 1.29 is 23.1 Å². The third-order valence-electron chi connectivity index (χ3n) is 4.44. The molecule has 0 saturated heterocycles. The first-order valence-electron chi connectivity index (χ1n) is 9.00. The average molecular weight is 491 g/mol. The maximum Gasteiger partial charge on any atom is 0.337 e. The SMILES string of the molecule is Cc1ccc(S(=O)(=O)NC2=CCCC(C(=O)Nc3ccc(Br)cc3C(=O)O)=C2)cc1. The van der Waals surface area contributed by atoms with Crippen LogP contribution in [-0.2, 0) is 14.8 Å². The molecule has 1 aliphatic carbocycles. The molecule has 9 heteroatoms. The van der Waals surface area contributed by atoms with Gasteiger partial charge in [0.2, 0.25) is 0 Å². The second kappa shape index (κ2) is 8.85. The van der Waals surface area contributed by atoms with E-state index >= 15 is 0 Å². The summed E-state index contributed by atoms with van der Waals surface area (Å²) in [6.07, 6.45) is 4.03. The molecule has 0 spiro atoms. The number of allylic oxidation sites excluding steroid dienone is 2. The van der Waals surface area contributed by atoms with E-state index < -0.39 is 21.9 Å². The number of halogens is 1. The molecule has 3 rings (SSSR count). The summed E-state index contributed by atoms with van der Waals surface area (Å²) >= 11 is 3.21. The molecule has 2 aromatic carbocycles. The summed E-state index contributed by atoms with van der Waals surface area (Å²) in [6, 6.07) is 10.9. The van der Waals surface area contributed by atoms with Gasteiger partial charge in [-0.25, -0.2) is 13.2 Å². The molecule has 0 saturated carbocycles. The van der Waals surface area contributed by atoms with Crippen LogP contribution in [0.25, 0.3) is 0 Å². The standard InChI is InChI=1S/C21H19BrN2O5S/c1-13-5-8-17(9-6-13)30(28,29)24-16-4-2-3-14(11-16)20(25)23-19-10-7-15(22)12-18(19)21(26)27/h4-12,24H,2-3H2,1H3,(H,23,25)(H,26,27). The van der Waals surface area contributed by atoms with E-state index in [9.17, 15) is 23.1 Å². The number of carbonyl (C=O) groups excluding carboxylic acids is 1. The van der Waals surface area contributed by atoms with Crippen molar-refractivity contribution in [1.29, 1.82) is 0 Å². The zero-order valence-electron chi connectivity index (χ0n) is 16.0. The second-order valence-corrected chi connectivity index (χ2v) is 9.33.